The number of benzene rings is 7. The Morgan fingerprint density at radius 2 is 1.24 bits per heavy atom. The standard InChI is InChI=1S/C47H31N3O/c1-47(2)36-21-11-8-18-33(36)39-31-16-6-7-17-32(31)40-34-19-9-12-22-37(34)50(44(40)41(39)47)30-26-24-29(25-27-30)46-48-42(28-14-4-3-5-15-28)45-43(49-46)35-20-10-13-23-38(35)51-45/h3-27H,1-2H3. The number of hydrogen-bond acceptors (Lipinski definition) is 3. The molecular formula is C47H31N3O. The van der Waals surface area contributed by atoms with Crippen molar-refractivity contribution in [1.29, 1.82) is 0 Å². The number of fused-ring (bicyclic) bond motifs is 13. The van der Waals surface area contributed by atoms with Crippen molar-refractivity contribution < 1.29 is 4.42 Å². The van der Waals surface area contributed by atoms with E-state index in [1.165, 1.54) is 54.8 Å². The molecule has 0 atom stereocenters. The predicted octanol–water partition coefficient (Wildman–Crippen LogP) is 12.3. The summed E-state index contributed by atoms with van der Waals surface area (Å²) in [5, 5.41) is 6.14. The van der Waals surface area contributed by atoms with Gasteiger partial charge in [0.1, 0.15) is 16.8 Å². The molecule has 0 radical (unpaired) electrons. The molecule has 7 aromatic carbocycles. The van der Waals surface area contributed by atoms with Gasteiger partial charge in [0, 0.05) is 38.4 Å². The molecule has 240 valence electrons. The van der Waals surface area contributed by atoms with Crippen LogP contribution in [-0.4, -0.2) is 14.5 Å². The largest absolute Gasteiger partial charge is 0.452 e. The molecule has 0 aliphatic heterocycles. The van der Waals surface area contributed by atoms with Gasteiger partial charge < -0.3 is 8.98 Å². The molecular weight excluding hydrogens is 623 g/mol. The highest BCUT2D eigenvalue weighted by atomic mass is 16.3. The molecule has 4 nitrogen and oxygen atoms in total. The fourth-order valence-electron chi connectivity index (χ4n) is 8.73. The lowest BCUT2D eigenvalue weighted by Gasteiger charge is -2.24. The minimum atomic E-state index is -0.190. The van der Waals surface area contributed by atoms with Crippen LogP contribution in [0.2, 0.25) is 0 Å². The first kappa shape index (κ1) is 28.3. The number of para-hydroxylation sites is 2. The van der Waals surface area contributed by atoms with Gasteiger partial charge in [-0.15, -0.1) is 0 Å². The highest BCUT2D eigenvalue weighted by Crippen LogP contribution is 2.56. The molecule has 3 heterocycles. The minimum Gasteiger partial charge on any atom is -0.452 e. The lowest BCUT2D eigenvalue weighted by Crippen LogP contribution is -2.16. The lowest BCUT2D eigenvalue weighted by molar-refractivity contribution is 0.664. The SMILES string of the molecule is CC1(C)c2ccccc2-c2c1c1c(c3ccccc23)c2ccccc2n1-c1ccc(-c2nc(-c3ccccc3)c3oc4ccccc4c3n2)cc1. The van der Waals surface area contributed by atoms with Crippen LogP contribution in [0.15, 0.2) is 156 Å². The van der Waals surface area contributed by atoms with Gasteiger partial charge in [0.25, 0.3) is 0 Å². The first-order chi connectivity index (χ1) is 25.1. The second kappa shape index (κ2) is 10.3. The second-order valence-electron chi connectivity index (χ2n) is 14.1. The van der Waals surface area contributed by atoms with Crippen LogP contribution in [-0.2, 0) is 5.41 Å². The summed E-state index contributed by atoms with van der Waals surface area (Å²) in [6.45, 7) is 4.77. The van der Waals surface area contributed by atoms with E-state index in [1.54, 1.807) is 0 Å². The lowest BCUT2D eigenvalue weighted by atomic mass is 9.80. The molecule has 0 fully saturated rings. The average molecular weight is 654 g/mol. The molecule has 0 spiro atoms. The zero-order valence-corrected chi connectivity index (χ0v) is 28.2. The highest BCUT2D eigenvalue weighted by molar-refractivity contribution is 6.27. The Bertz CT molecular complexity index is 3040. The Balaban J connectivity index is 1.17. The van der Waals surface area contributed by atoms with E-state index in [1.807, 2.05) is 36.4 Å². The van der Waals surface area contributed by atoms with E-state index in [9.17, 15) is 0 Å². The topological polar surface area (TPSA) is 43.9 Å². The summed E-state index contributed by atoms with van der Waals surface area (Å²) in [5.74, 6) is 0.671. The summed E-state index contributed by atoms with van der Waals surface area (Å²) >= 11 is 0. The maximum atomic E-state index is 6.36. The fraction of sp³-hybridized carbons (Fsp3) is 0.0638. The number of hydrogen-bond donors (Lipinski definition) is 0. The molecule has 0 saturated carbocycles. The van der Waals surface area contributed by atoms with Crippen LogP contribution in [0, 0.1) is 0 Å². The first-order valence-electron chi connectivity index (χ1n) is 17.5. The third-order valence-corrected chi connectivity index (χ3v) is 11.0. The summed E-state index contributed by atoms with van der Waals surface area (Å²) < 4.78 is 8.84. The monoisotopic (exact) mass is 653 g/mol. The first-order valence-corrected chi connectivity index (χ1v) is 17.5. The van der Waals surface area contributed by atoms with Crippen molar-refractivity contribution in [2.75, 3.05) is 0 Å². The van der Waals surface area contributed by atoms with Crippen LogP contribution in [0.1, 0.15) is 25.0 Å². The number of nitrogens with zero attached hydrogens (tertiary/aromatic N) is 3. The van der Waals surface area contributed by atoms with Crippen molar-refractivity contribution in [3.8, 4) is 39.5 Å². The van der Waals surface area contributed by atoms with E-state index in [4.69, 9.17) is 14.4 Å². The fourth-order valence-corrected chi connectivity index (χ4v) is 8.73. The molecule has 0 saturated heterocycles. The van der Waals surface area contributed by atoms with Crippen LogP contribution in [0.4, 0.5) is 0 Å². The number of aromatic nitrogens is 3. The van der Waals surface area contributed by atoms with Gasteiger partial charge in [-0.05, 0) is 75.5 Å². The summed E-state index contributed by atoms with van der Waals surface area (Å²) in [6.07, 6.45) is 0. The Morgan fingerprint density at radius 1 is 0.569 bits per heavy atom. The van der Waals surface area contributed by atoms with E-state index in [-0.39, 0.29) is 5.41 Å². The molecule has 1 aliphatic rings. The summed E-state index contributed by atoms with van der Waals surface area (Å²) in [5.41, 5.74) is 13.9. The molecule has 51 heavy (non-hydrogen) atoms. The van der Waals surface area contributed by atoms with Gasteiger partial charge in [-0.3, -0.25) is 0 Å². The normalized spacial score (nSPS) is 13.5. The van der Waals surface area contributed by atoms with Gasteiger partial charge in [-0.25, -0.2) is 9.97 Å². The van der Waals surface area contributed by atoms with E-state index in [2.05, 4.69) is 134 Å². The maximum Gasteiger partial charge on any atom is 0.180 e. The predicted molar refractivity (Wildman–Crippen MR) is 210 cm³/mol. The molecule has 3 aromatic heterocycles. The van der Waals surface area contributed by atoms with Gasteiger partial charge >= 0.3 is 0 Å². The third-order valence-electron chi connectivity index (χ3n) is 11.0. The summed E-state index contributed by atoms with van der Waals surface area (Å²) in [4.78, 5) is 10.3. The van der Waals surface area contributed by atoms with Crippen molar-refractivity contribution in [3.63, 3.8) is 0 Å². The zero-order valence-electron chi connectivity index (χ0n) is 28.2. The van der Waals surface area contributed by atoms with Gasteiger partial charge in [-0.2, -0.15) is 0 Å². The van der Waals surface area contributed by atoms with Crippen molar-refractivity contribution in [1.82, 2.24) is 14.5 Å². The van der Waals surface area contributed by atoms with E-state index in [0.29, 0.717) is 11.4 Å². The molecule has 0 bridgehead atoms. The highest BCUT2D eigenvalue weighted by Gasteiger charge is 2.40. The van der Waals surface area contributed by atoms with Crippen molar-refractivity contribution >= 4 is 54.6 Å². The van der Waals surface area contributed by atoms with Crippen LogP contribution >= 0.6 is 0 Å². The maximum absolute atomic E-state index is 6.36. The summed E-state index contributed by atoms with van der Waals surface area (Å²) in [6, 6.07) is 53.8. The van der Waals surface area contributed by atoms with Gasteiger partial charge in [-0.1, -0.05) is 123 Å². The molecule has 0 amide bonds. The molecule has 0 unspecified atom stereocenters. The van der Waals surface area contributed by atoms with E-state index >= 15 is 0 Å². The molecule has 1 aliphatic carbocycles. The zero-order chi connectivity index (χ0) is 33.8. The van der Waals surface area contributed by atoms with Crippen LogP contribution in [0.3, 0.4) is 0 Å². The smallest absolute Gasteiger partial charge is 0.180 e. The van der Waals surface area contributed by atoms with Crippen molar-refractivity contribution in [2.45, 2.75) is 19.3 Å². The van der Waals surface area contributed by atoms with Gasteiger partial charge in [0.15, 0.2) is 11.4 Å². The van der Waals surface area contributed by atoms with Crippen molar-refractivity contribution in [3.05, 3.63) is 163 Å². The van der Waals surface area contributed by atoms with Crippen LogP contribution in [0.5, 0.6) is 0 Å². The molecule has 4 heteroatoms. The van der Waals surface area contributed by atoms with Gasteiger partial charge in [0.2, 0.25) is 0 Å². The average Bonchev–Trinajstić information content (AvgIpc) is 3.81. The number of rotatable bonds is 3. The Hall–Kier alpha value is -6.52. The Labute approximate surface area is 294 Å². The van der Waals surface area contributed by atoms with E-state index < -0.39 is 0 Å². The molecule has 10 aromatic rings. The Kier molecular flexibility index (Phi) is 5.70. The number of furan rings is 1. The van der Waals surface area contributed by atoms with Gasteiger partial charge in [0.05, 0.1) is 11.0 Å². The summed E-state index contributed by atoms with van der Waals surface area (Å²) in [7, 11) is 0. The quantitative estimate of drug-likeness (QED) is 0.191. The Morgan fingerprint density at radius 3 is 2.06 bits per heavy atom. The van der Waals surface area contributed by atoms with Crippen LogP contribution in [0.25, 0.3) is 94.1 Å². The third kappa shape index (κ3) is 3.85. The molecule has 11 rings (SSSR count). The van der Waals surface area contributed by atoms with Crippen LogP contribution < -0.4 is 0 Å². The minimum absolute atomic E-state index is 0.190. The van der Waals surface area contributed by atoms with Crippen molar-refractivity contribution in [2.24, 2.45) is 0 Å². The second-order valence-corrected chi connectivity index (χ2v) is 14.1. The van der Waals surface area contributed by atoms with E-state index in [0.717, 1.165) is 39.0 Å². The molecule has 0 N–H and O–H groups in total.